The molecule has 6 heteroatoms. The number of anilines is 1. The number of carboxylic acid groups (broad SMARTS) is 1. The number of aliphatic carboxylic acids is 1. The van der Waals surface area contributed by atoms with Crippen molar-refractivity contribution in [3.8, 4) is 0 Å². The summed E-state index contributed by atoms with van der Waals surface area (Å²) in [6.07, 6.45) is 1.74. The van der Waals surface area contributed by atoms with E-state index in [9.17, 15) is 9.59 Å². The molecule has 0 aromatic carbocycles. The highest BCUT2D eigenvalue weighted by molar-refractivity contribution is 7.08. The van der Waals surface area contributed by atoms with Gasteiger partial charge in [-0.05, 0) is 30.2 Å². The van der Waals surface area contributed by atoms with Crippen LogP contribution in [0.25, 0.3) is 0 Å². The Morgan fingerprint density at radius 2 is 2.17 bits per heavy atom. The smallest absolute Gasteiger partial charge is 0.321 e. The lowest BCUT2D eigenvalue weighted by atomic mass is 9.94. The van der Waals surface area contributed by atoms with E-state index in [0.717, 1.165) is 18.5 Å². The average molecular weight is 268 g/mol. The van der Waals surface area contributed by atoms with Gasteiger partial charge in [0.1, 0.15) is 0 Å². The molecular weight excluding hydrogens is 252 g/mol. The summed E-state index contributed by atoms with van der Waals surface area (Å²) in [4.78, 5) is 24.2. The third kappa shape index (κ3) is 3.46. The lowest BCUT2D eigenvalue weighted by molar-refractivity contribution is -0.138. The zero-order chi connectivity index (χ0) is 13.0. The molecule has 2 rings (SSSR count). The van der Waals surface area contributed by atoms with Crippen molar-refractivity contribution in [1.82, 2.24) is 4.90 Å². The number of hydrogen-bond donors (Lipinski definition) is 2. The molecule has 0 unspecified atom stereocenters. The van der Waals surface area contributed by atoms with Crippen LogP contribution in [0.3, 0.4) is 0 Å². The number of piperidine rings is 1. The number of nitrogens with one attached hydrogen (secondary N) is 1. The zero-order valence-electron chi connectivity index (χ0n) is 9.96. The maximum Gasteiger partial charge on any atom is 0.321 e. The third-order valence-corrected chi connectivity index (χ3v) is 3.82. The average Bonchev–Trinajstić information content (AvgIpc) is 2.82. The van der Waals surface area contributed by atoms with Crippen molar-refractivity contribution in [2.75, 3.05) is 18.4 Å². The van der Waals surface area contributed by atoms with Gasteiger partial charge in [0.15, 0.2) is 0 Å². The number of thiophene rings is 1. The van der Waals surface area contributed by atoms with Crippen LogP contribution in [0.1, 0.15) is 19.3 Å². The normalized spacial score (nSPS) is 16.6. The van der Waals surface area contributed by atoms with Gasteiger partial charge < -0.3 is 15.3 Å². The molecule has 1 fully saturated rings. The molecule has 0 spiro atoms. The second-order valence-corrected chi connectivity index (χ2v) is 5.25. The second-order valence-electron chi connectivity index (χ2n) is 4.47. The first-order valence-electron chi connectivity index (χ1n) is 5.95. The molecule has 2 N–H and O–H groups in total. The SMILES string of the molecule is O=C(O)CC1CCN(C(=O)Nc2ccsc2)CC1. The summed E-state index contributed by atoms with van der Waals surface area (Å²) in [5.41, 5.74) is 0.817. The summed E-state index contributed by atoms with van der Waals surface area (Å²) in [6, 6.07) is 1.77. The van der Waals surface area contributed by atoms with Crippen molar-refractivity contribution < 1.29 is 14.7 Å². The monoisotopic (exact) mass is 268 g/mol. The lowest BCUT2D eigenvalue weighted by Gasteiger charge is -2.31. The number of carbonyl (C=O) groups is 2. The molecule has 1 saturated heterocycles. The highest BCUT2D eigenvalue weighted by Crippen LogP contribution is 2.21. The number of amides is 2. The van der Waals surface area contributed by atoms with Gasteiger partial charge in [0.05, 0.1) is 5.69 Å². The van der Waals surface area contributed by atoms with Gasteiger partial charge in [-0.25, -0.2) is 4.79 Å². The third-order valence-electron chi connectivity index (χ3n) is 3.14. The van der Waals surface area contributed by atoms with Gasteiger partial charge in [0, 0.05) is 24.9 Å². The first-order chi connectivity index (χ1) is 8.65. The molecule has 1 aliphatic rings. The van der Waals surface area contributed by atoms with Crippen LogP contribution in [0.2, 0.25) is 0 Å². The molecule has 0 radical (unpaired) electrons. The van der Waals surface area contributed by atoms with E-state index in [1.165, 1.54) is 11.3 Å². The Hall–Kier alpha value is -1.56. The van der Waals surface area contributed by atoms with Gasteiger partial charge >= 0.3 is 12.0 Å². The van der Waals surface area contributed by atoms with Gasteiger partial charge in [-0.15, -0.1) is 0 Å². The summed E-state index contributed by atoms with van der Waals surface area (Å²) in [5, 5.41) is 15.3. The molecule has 1 aromatic heterocycles. The molecule has 0 bridgehead atoms. The van der Waals surface area contributed by atoms with E-state index in [4.69, 9.17) is 5.11 Å². The van der Waals surface area contributed by atoms with Crippen molar-refractivity contribution >= 4 is 29.0 Å². The minimum atomic E-state index is -0.754. The Kier molecular flexibility index (Phi) is 4.19. The Bertz CT molecular complexity index is 411. The van der Waals surface area contributed by atoms with E-state index in [2.05, 4.69) is 5.32 Å². The Balaban J connectivity index is 1.79. The number of carboxylic acids is 1. The van der Waals surface area contributed by atoms with E-state index < -0.39 is 5.97 Å². The molecule has 0 saturated carbocycles. The number of urea groups is 1. The quantitative estimate of drug-likeness (QED) is 0.884. The molecule has 2 amide bonds. The van der Waals surface area contributed by atoms with Gasteiger partial charge in [0.25, 0.3) is 0 Å². The van der Waals surface area contributed by atoms with Crippen molar-refractivity contribution in [3.63, 3.8) is 0 Å². The number of likely N-dealkylation sites (tertiary alicyclic amines) is 1. The summed E-state index contributed by atoms with van der Waals surface area (Å²) >= 11 is 1.54. The van der Waals surface area contributed by atoms with Crippen LogP contribution in [0.4, 0.5) is 10.5 Å². The molecule has 1 aliphatic heterocycles. The van der Waals surface area contributed by atoms with Crippen molar-refractivity contribution in [1.29, 1.82) is 0 Å². The fourth-order valence-electron chi connectivity index (χ4n) is 2.13. The van der Waals surface area contributed by atoms with Crippen LogP contribution in [-0.4, -0.2) is 35.1 Å². The molecular formula is C12H16N2O3S. The van der Waals surface area contributed by atoms with Crippen LogP contribution in [0.15, 0.2) is 16.8 Å². The number of nitrogens with zero attached hydrogens (tertiary/aromatic N) is 1. The van der Waals surface area contributed by atoms with Gasteiger partial charge in [-0.1, -0.05) is 0 Å². The molecule has 5 nitrogen and oxygen atoms in total. The highest BCUT2D eigenvalue weighted by atomic mass is 32.1. The number of rotatable bonds is 3. The molecule has 0 atom stereocenters. The summed E-state index contributed by atoms with van der Waals surface area (Å²) < 4.78 is 0. The number of carbonyl (C=O) groups excluding carboxylic acids is 1. The van der Waals surface area contributed by atoms with Crippen LogP contribution >= 0.6 is 11.3 Å². The largest absolute Gasteiger partial charge is 0.481 e. The topological polar surface area (TPSA) is 69.6 Å². The minimum absolute atomic E-state index is 0.0952. The predicted octanol–water partition coefficient (Wildman–Crippen LogP) is 2.47. The van der Waals surface area contributed by atoms with Crippen LogP contribution < -0.4 is 5.32 Å². The molecule has 0 aliphatic carbocycles. The van der Waals surface area contributed by atoms with Crippen molar-refractivity contribution in [3.05, 3.63) is 16.8 Å². The predicted molar refractivity (Wildman–Crippen MR) is 69.9 cm³/mol. The van der Waals surface area contributed by atoms with E-state index >= 15 is 0 Å². The molecule has 1 aromatic rings. The summed E-state index contributed by atoms with van der Waals surface area (Å²) in [7, 11) is 0. The highest BCUT2D eigenvalue weighted by Gasteiger charge is 2.24. The van der Waals surface area contributed by atoms with E-state index in [0.29, 0.717) is 13.1 Å². The first-order valence-corrected chi connectivity index (χ1v) is 6.89. The Morgan fingerprint density at radius 3 is 2.72 bits per heavy atom. The van der Waals surface area contributed by atoms with E-state index in [1.807, 2.05) is 16.8 Å². The van der Waals surface area contributed by atoms with Crippen LogP contribution in [-0.2, 0) is 4.79 Å². The standard InChI is InChI=1S/C12H16N2O3S/c15-11(16)7-9-1-4-14(5-2-9)12(17)13-10-3-6-18-8-10/h3,6,8-9H,1-2,4-5,7H2,(H,13,17)(H,15,16). The Labute approximate surface area is 109 Å². The maximum atomic E-state index is 11.9. The number of hydrogen-bond acceptors (Lipinski definition) is 3. The van der Waals surface area contributed by atoms with E-state index in [1.54, 1.807) is 4.90 Å². The zero-order valence-corrected chi connectivity index (χ0v) is 10.8. The van der Waals surface area contributed by atoms with Gasteiger partial charge in [0.2, 0.25) is 0 Å². The molecule has 18 heavy (non-hydrogen) atoms. The van der Waals surface area contributed by atoms with E-state index in [-0.39, 0.29) is 18.4 Å². The summed E-state index contributed by atoms with van der Waals surface area (Å²) in [5.74, 6) is -0.552. The molecule has 98 valence electrons. The maximum absolute atomic E-state index is 11.9. The molecule has 2 heterocycles. The van der Waals surface area contributed by atoms with Gasteiger partial charge in [-0.3, -0.25) is 4.79 Å². The fraction of sp³-hybridized carbons (Fsp3) is 0.500. The lowest BCUT2D eigenvalue weighted by Crippen LogP contribution is -2.41. The van der Waals surface area contributed by atoms with Crippen molar-refractivity contribution in [2.24, 2.45) is 5.92 Å². The van der Waals surface area contributed by atoms with Crippen LogP contribution in [0.5, 0.6) is 0 Å². The fourth-order valence-corrected chi connectivity index (χ4v) is 2.71. The van der Waals surface area contributed by atoms with Gasteiger partial charge in [-0.2, -0.15) is 11.3 Å². The van der Waals surface area contributed by atoms with Crippen LogP contribution in [0, 0.1) is 5.92 Å². The first kappa shape index (κ1) is 12.9. The van der Waals surface area contributed by atoms with Crippen molar-refractivity contribution in [2.45, 2.75) is 19.3 Å². The Morgan fingerprint density at radius 1 is 1.44 bits per heavy atom. The second kappa shape index (κ2) is 5.86. The summed E-state index contributed by atoms with van der Waals surface area (Å²) in [6.45, 7) is 1.27. The minimum Gasteiger partial charge on any atom is -0.481 e.